The van der Waals surface area contributed by atoms with E-state index < -0.39 is 0 Å². The lowest BCUT2D eigenvalue weighted by molar-refractivity contribution is 0.201. The second-order valence-electron chi connectivity index (χ2n) is 5.43. The Balaban J connectivity index is 2.20. The quantitative estimate of drug-likeness (QED) is 0.826. The van der Waals surface area contributed by atoms with E-state index in [2.05, 4.69) is 18.7 Å². The lowest BCUT2D eigenvalue weighted by atomic mass is 10.1. The van der Waals surface area contributed by atoms with Crippen LogP contribution in [0.1, 0.15) is 25.0 Å². The molecule has 2 aromatic carbocycles. The predicted octanol–water partition coefficient (Wildman–Crippen LogP) is 4.47. The third-order valence-corrected chi connectivity index (χ3v) is 3.78. The number of nitrogens with zero attached hydrogens (tertiary/aromatic N) is 1. The fraction of sp³-hybridized carbons (Fsp3) is 0.294. The molecular formula is C17H20ClFN2. The van der Waals surface area contributed by atoms with E-state index in [9.17, 15) is 4.39 Å². The number of hydrogen-bond acceptors (Lipinski definition) is 2. The molecule has 0 aliphatic heterocycles. The Hall–Kier alpha value is -1.58. The number of nitrogens with two attached hydrogens (primary N) is 1. The van der Waals surface area contributed by atoms with Gasteiger partial charge in [0.25, 0.3) is 0 Å². The van der Waals surface area contributed by atoms with E-state index in [1.807, 2.05) is 24.3 Å². The van der Waals surface area contributed by atoms with Crippen LogP contribution in [-0.4, -0.2) is 10.9 Å². The van der Waals surface area contributed by atoms with Crippen LogP contribution in [-0.2, 0) is 13.1 Å². The van der Waals surface area contributed by atoms with Crippen LogP contribution in [0.4, 0.5) is 10.1 Å². The van der Waals surface area contributed by atoms with Gasteiger partial charge >= 0.3 is 0 Å². The van der Waals surface area contributed by atoms with Gasteiger partial charge in [-0.05, 0) is 43.7 Å². The second-order valence-corrected chi connectivity index (χ2v) is 5.87. The normalized spacial score (nSPS) is 11.3. The molecule has 2 N–H and O–H groups in total. The van der Waals surface area contributed by atoms with Crippen molar-refractivity contribution in [3.8, 4) is 0 Å². The van der Waals surface area contributed by atoms with E-state index in [0.717, 1.165) is 11.3 Å². The van der Waals surface area contributed by atoms with Crippen molar-refractivity contribution in [2.75, 3.05) is 5.73 Å². The lowest BCUT2D eigenvalue weighted by Gasteiger charge is -2.27. The molecule has 0 bridgehead atoms. The van der Waals surface area contributed by atoms with Gasteiger partial charge in [-0.25, -0.2) is 4.39 Å². The van der Waals surface area contributed by atoms with E-state index in [0.29, 0.717) is 23.7 Å². The van der Waals surface area contributed by atoms with Gasteiger partial charge in [-0.3, -0.25) is 4.90 Å². The predicted molar refractivity (Wildman–Crippen MR) is 86.6 cm³/mol. The van der Waals surface area contributed by atoms with E-state index in [1.165, 1.54) is 6.07 Å². The summed E-state index contributed by atoms with van der Waals surface area (Å²) >= 11 is 5.96. The third-order valence-electron chi connectivity index (χ3n) is 3.54. The average Bonchev–Trinajstić information content (AvgIpc) is 2.44. The van der Waals surface area contributed by atoms with Gasteiger partial charge in [-0.15, -0.1) is 0 Å². The molecule has 0 heterocycles. The summed E-state index contributed by atoms with van der Waals surface area (Å²) in [5.74, 6) is -0.230. The summed E-state index contributed by atoms with van der Waals surface area (Å²) in [7, 11) is 0. The molecule has 0 aromatic heterocycles. The molecule has 0 saturated carbocycles. The molecule has 0 radical (unpaired) electrons. The highest BCUT2D eigenvalue weighted by molar-refractivity contribution is 6.30. The highest BCUT2D eigenvalue weighted by Gasteiger charge is 2.14. The summed E-state index contributed by atoms with van der Waals surface area (Å²) < 4.78 is 13.9. The summed E-state index contributed by atoms with van der Waals surface area (Å²) in [6.45, 7) is 5.35. The fourth-order valence-corrected chi connectivity index (χ4v) is 2.40. The molecule has 0 amide bonds. The van der Waals surface area contributed by atoms with Gasteiger partial charge < -0.3 is 5.73 Å². The number of rotatable bonds is 5. The molecule has 0 unspecified atom stereocenters. The molecule has 0 fully saturated rings. The largest absolute Gasteiger partial charge is 0.398 e. The summed E-state index contributed by atoms with van der Waals surface area (Å²) in [6, 6.07) is 12.7. The zero-order chi connectivity index (χ0) is 15.4. The van der Waals surface area contributed by atoms with Gasteiger partial charge in [0.1, 0.15) is 5.82 Å². The Morgan fingerprint density at radius 2 is 1.76 bits per heavy atom. The van der Waals surface area contributed by atoms with Crippen molar-refractivity contribution in [2.24, 2.45) is 0 Å². The van der Waals surface area contributed by atoms with Crippen LogP contribution in [0.15, 0.2) is 42.5 Å². The average molecular weight is 307 g/mol. The first kappa shape index (κ1) is 15.8. The highest BCUT2D eigenvalue weighted by atomic mass is 35.5. The fourth-order valence-electron chi connectivity index (χ4n) is 2.20. The van der Waals surface area contributed by atoms with Crippen LogP contribution in [0.2, 0.25) is 5.02 Å². The molecule has 2 nitrogen and oxygen atoms in total. The molecule has 2 aromatic rings. The highest BCUT2D eigenvalue weighted by Crippen LogP contribution is 2.21. The minimum Gasteiger partial charge on any atom is -0.398 e. The van der Waals surface area contributed by atoms with Gasteiger partial charge in [0.15, 0.2) is 0 Å². The smallest absolute Gasteiger partial charge is 0.127 e. The van der Waals surface area contributed by atoms with Crippen molar-refractivity contribution in [3.63, 3.8) is 0 Å². The number of halogens is 2. The number of benzene rings is 2. The van der Waals surface area contributed by atoms with Crippen molar-refractivity contribution in [2.45, 2.75) is 33.0 Å². The molecule has 112 valence electrons. The minimum absolute atomic E-state index is 0.230. The number of anilines is 1. The van der Waals surface area contributed by atoms with Crippen LogP contribution in [0.5, 0.6) is 0 Å². The molecule has 0 atom stereocenters. The first-order valence-corrected chi connectivity index (χ1v) is 7.36. The number of nitrogen functional groups attached to an aromatic ring is 1. The van der Waals surface area contributed by atoms with E-state index >= 15 is 0 Å². The van der Waals surface area contributed by atoms with Crippen molar-refractivity contribution in [1.82, 2.24) is 4.90 Å². The Morgan fingerprint density at radius 1 is 1.10 bits per heavy atom. The monoisotopic (exact) mass is 306 g/mol. The van der Waals surface area contributed by atoms with Gasteiger partial charge in [-0.2, -0.15) is 0 Å². The van der Waals surface area contributed by atoms with E-state index in [4.69, 9.17) is 17.3 Å². The van der Waals surface area contributed by atoms with Crippen molar-refractivity contribution in [3.05, 3.63) is 64.4 Å². The summed E-state index contributed by atoms with van der Waals surface area (Å²) in [5, 5.41) is 0.550. The first-order valence-electron chi connectivity index (χ1n) is 6.98. The molecule has 4 heteroatoms. The molecule has 21 heavy (non-hydrogen) atoms. The Bertz CT molecular complexity index is 613. The summed E-state index contributed by atoms with van der Waals surface area (Å²) in [4.78, 5) is 2.17. The van der Waals surface area contributed by atoms with E-state index in [-0.39, 0.29) is 11.9 Å². The number of para-hydroxylation sites is 1. The van der Waals surface area contributed by atoms with Crippen LogP contribution in [0.3, 0.4) is 0 Å². The third kappa shape index (κ3) is 4.19. The molecular weight excluding hydrogens is 287 g/mol. The van der Waals surface area contributed by atoms with Crippen molar-refractivity contribution >= 4 is 17.3 Å². The SMILES string of the molecule is CC(C)N(Cc1ccccc1N)Cc1cc(Cl)ccc1F. The van der Waals surface area contributed by atoms with Crippen LogP contribution >= 0.6 is 11.6 Å². The van der Waals surface area contributed by atoms with Crippen LogP contribution in [0, 0.1) is 5.82 Å². The zero-order valence-electron chi connectivity index (χ0n) is 12.3. The molecule has 0 aliphatic carbocycles. The lowest BCUT2D eigenvalue weighted by Crippen LogP contribution is -2.30. The minimum atomic E-state index is -0.230. The maximum absolute atomic E-state index is 13.9. The summed E-state index contributed by atoms with van der Waals surface area (Å²) in [5.41, 5.74) is 8.41. The zero-order valence-corrected chi connectivity index (χ0v) is 13.1. The number of hydrogen-bond donors (Lipinski definition) is 1. The Morgan fingerprint density at radius 3 is 2.43 bits per heavy atom. The van der Waals surface area contributed by atoms with E-state index in [1.54, 1.807) is 12.1 Å². The Kier molecular flexibility index (Phi) is 5.21. The standard InChI is InChI=1S/C17H20ClFN2/c1-12(2)21(10-13-5-3-4-6-17(13)20)11-14-9-15(18)7-8-16(14)19/h3-9,12H,10-11,20H2,1-2H3. The topological polar surface area (TPSA) is 29.3 Å². The molecule has 2 rings (SSSR count). The van der Waals surface area contributed by atoms with Gasteiger partial charge in [0, 0.05) is 35.4 Å². The molecule has 0 saturated heterocycles. The van der Waals surface area contributed by atoms with Crippen molar-refractivity contribution in [1.29, 1.82) is 0 Å². The van der Waals surface area contributed by atoms with Crippen molar-refractivity contribution < 1.29 is 4.39 Å². The van der Waals surface area contributed by atoms with Gasteiger partial charge in [0.05, 0.1) is 0 Å². The Labute approximate surface area is 130 Å². The molecule has 0 spiro atoms. The maximum atomic E-state index is 13.9. The second kappa shape index (κ2) is 6.92. The van der Waals surface area contributed by atoms with Gasteiger partial charge in [-0.1, -0.05) is 29.8 Å². The first-order chi connectivity index (χ1) is 9.97. The van der Waals surface area contributed by atoms with Crippen LogP contribution in [0.25, 0.3) is 0 Å². The van der Waals surface area contributed by atoms with Gasteiger partial charge in [0.2, 0.25) is 0 Å². The van der Waals surface area contributed by atoms with Crippen LogP contribution < -0.4 is 5.73 Å². The molecule has 0 aliphatic rings. The summed E-state index contributed by atoms with van der Waals surface area (Å²) in [6.07, 6.45) is 0. The maximum Gasteiger partial charge on any atom is 0.127 e.